The van der Waals surface area contributed by atoms with E-state index >= 15 is 0 Å². The minimum atomic E-state index is -3.68. The van der Waals surface area contributed by atoms with E-state index in [1.165, 1.54) is 29.5 Å². The molecule has 7 heteroatoms. The quantitative estimate of drug-likeness (QED) is 0.559. The number of hydrogen-bond acceptors (Lipinski definition) is 4. The molecule has 3 aromatic carbocycles. The summed E-state index contributed by atoms with van der Waals surface area (Å²) < 4.78 is 27.4. The fourth-order valence-electron chi connectivity index (χ4n) is 2.45. The maximum absolute atomic E-state index is 12.4. The Kier molecular flexibility index (Phi) is 6.38. The highest BCUT2D eigenvalue weighted by molar-refractivity contribution is 8.00. The van der Waals surface area contributed by atoms with Crippen LogP contribution in [0.15, 0.2) is 88.7 Å². The number of carbonyl (C=O) groups is 1. The average Bonchev–Trinajstić information content (AvgIpc) is 2.68. The van der Waals surface area contributed by atoms with Crippen LogP contribution in [0.4, 0.5) is 11.4 Å². The summed E-state index contributed by atoms with van der Waals surface area (Å²) in [6.07, 6.45) is 0. The zero-order chi connectivity index (χ0) is 20.0. The predicted molar refractivity (Wildman–Crippen MR) is 114 cm³/mol. The van der Waals surface area contributed by atoms with Crippen molar-refractivity contribution >= 4 is 39.1 Å². The molecule has 28 heavy (non-hydrogen) atoms. The molecule has 0 heterocycles. The van der Waals surface area contributed by atoms with Gasteiger partial charge >= 0.3 is 0 Å². The van der Waals surface area contributed by atoms with Gasteiger partial charge in [0.2, 0.25) is 5.91 Å². The second-order valence-corrected chi connectivity index (χ2v) is 8.88. The molecule has 0 fully saturated rings. The molecule has 1 amide bonds. The third kappa shape index (κ3) is 5.61. The van der Waals surface area contributed by atoms with Gasteiger partial charge in [-0.2, -0.15) is 0 Å². The number of aryl methyl sites for hydroxylation is 1. The van der Waals surface area contributed by atoms with Gasteiger partial charge in [-0.3, -0.25) is 9.52 Å². The van der Waals surface area contributed by atoms with Crippen LogP contribution < -0.4 is 10.0 Å². The number of rotatable bonds is 7. The van der Waals surface area contributed by atoms with Crippen LogP contribution in [0.25, 0.3) is 0 Å². The molecule has 0 atom stereocenters. The summed E-state index contributed by atoms with van der Waals surface area (Å²) in [5, 5.41) is 2.79. The van der Waals surface area contributed by atoms with Gasteiger partial charge in [0.15, 0.2) is 0 Å². The number of thioether (sulfide) groups is 1. The van der Waals surface area contributed by atoms with E-state index in [4.69, 9.17) is 0 Å². The summed E-state index contributed by atoms with van der Waals surface area (Å²) in [7, 11) is -3.68. The van der Waals surface area contributed by atoms with E-state index in [0.29, 0.717) is 11.4 Å². The standard InChI is InChI=1S/C21H20N2O3S2/c1-16-10-12-19(13-11-16)27-15-21(24)22-17-6-5-7-18(14-17)23-28(25,26)20-8-3-2-4-9-20/h2-14,23H,15H2,1H3,(H,22,24). The fourth-order valence-corrected chi connectivity index (χ4v) is 4.22. The Hall–Kier alpha value is -2.77. The first-order valence-corrected chi connectivity index (χ1v) is 11.1. The van der Waals surface area contributed by atoms with Gasteiger partial charge in [-0.25, -0.2) is 8.42 Å². The van der Waals surface area contributed by atoms with Gasteiger partial charge < -0.3 is 5.32 Å². The third-order valence-corrected chi connectivity index (χ3v) is 6.25. The van der Waals surface area contributed by atoms with Crippen molar-refractivity contribution < 1.29 is 13.2 Å². The highest BCUT2D eigenvalue weighted by Gasteiger charge is 2.13. The summed E-state index contributed by atoms with van der Waals surface area (Å²) in [5.74, 6) is 0.108. The predicted octanol–water partition coefficient (Wildman–Crippen LogP) is 4.53. The van der Waals surface area contributed by atoms with E-state index in [1.54, 1.807) is 42.5 Å². The molecule has 0 spiro atoms. The molecule has 3 rings (SSSR count). The van der Waals surface area contributed by atoms with E-state index in [2.05, 4.69) is 10.0 Å². The molecule has 3 aromatic rings. The summed E-state index contributed by atoms with van der Waals surface area (Å²) in [5.41, 5.74) is 2.08. The molecule has 5 nitrogen and oxygen atoms in total. The molecule has 0 radical (unpaired) electrons. The molecule has 0 saturated heterocycles. The summed E-state index contributed by atoms with van der Waals surface area (Å²) in [6.45, 7) is 2.01. The first-order valence-electron chi connectivity index (χ1n) is 8.60. The molecular weight excluding hydrogens is 392 g/mol. The van der Waals surface area contributed by atoms with Crippen molar-refractivity contribution in [1.29, 1.82) is 0 Å². The second kappa shape index (κ2) is 8.95. The minimum Gasteiger partial charge on any atom is -0.325 e. The Labute approximate surface area is 169 Å². The maximum Gasteiger partial charge on any atom is 0.261 e. The smallest absolute Gasteiger partial charge is 0.261 e. The van der Waals surface area contributed by atoms with Gasteiger partial charge in [0.25, 0.3) is 10.0 Å². The first kappa shape index (κ1) is 20.0. The van der Waals surface area contributed by atoms with Crippen molar-refractivity contribution in [2.45, 2.75) is 16.7 Å². The van der Waals surface area contributed by atoms with Crippen molar-refractivity contribution in [3.8, 4) is 0 Å². The zero-order valence-electron chi connectivity index (χ0n) is 15.3. The fraction of sp³-hybridized carbons (Fsp3) is 0.0952. The molecule has 0 bridgehead atoms. The molecular formula is C21H20N2O3S2. The van der Waals surface area contributed by atoms with Crippen LogP contribution in [0.1, 0.15) is 5.56 Å². The lowest BCUT2D eigenvalue weighted by atomic mass is 10.2. The summed E-state index contributed by atoms with van der Waals surface area (Å²) >= 11 is 1.44. The first-order chi connectivity index (χ1) is 13.4. The van der Waals surface area contributed by atoms with Gasteiger partial charge in [0.05, 0.1) is 16.3 Å². The van der Waals surface area contributed by atoms with Gasteiger partial charge in [0.1, 0.15) is 0 Å². The average molecular weight is 413 g/mol. The van der Waals surface area contributed by atoms with Gasteiger partial charge in [-0.15, -0.1) is 11.8 Å². The Bertz CT molecular complexity index is 1050. The van der Waals surface area contributed by atoms with Crippen LogP contribution in [-0.4, -0.2) is 20.1 Å². The van der Waals surface area contributed by atoms with Crippen LogP contribution in [0.2, 0.25) is 0 Å². The van der Waals surface area contributed by atoms with Crippen molar-refractivity contribution in [1.82, 2.24) is 0 Å². The molecule has 0 aromatic heterocycles. The molecule has 0 saturated carbocycles. The number of anilines is 2. The van der Waals surface area contributed by atoms with Crippen LogP contribution in [0.5, 0.6) is 0 Å². The van der Waals surface area contributed by atoms with Crippen molar-refractivity contribution in [2.24, 2.45) is 0 Å². The van der Waals surface area contributed by atoms with Gasteiger partial charge in [-0.05, 0) is 49.4 Å². The third-order valence-electron chi connectivity index (χ3n) is 3.84. The van der Waals surface area contributed by atoms with Crippen LogP contribution >= 0.6 is 11.8 Å². The molecule has 2 N–H and O–H groups in total. The van der Waals surface area contributed by atoms with Crippen molar-refractivity contribution in [3.63, 3.8) is 0 Å². The molecule has 144 valence electrons. The lowest BCUT2D eigenvalue weighted by molar-refractivity contribution is -0.113. The minimum absolute atomic E-state index is 0.159. The summed E-state index contributed by atoms with van der Waals surface area (Å²) in [4.78, 5) is 13.4. The zero-order valence-corrected chi connectivity index (χ0v) is 16.9. The number of amides is 1. The van der Waals surface area contributed by atoms with Crippen LogP contribution in [-0.2, 0) is 14.8 Å². The largest absolute Gasteiger partial charge is 0.325 e. The number of hydrogen-bond donors (Lipinski definition) is 2. The van der Waals surface area contributed by atoms with Gasteiger partial charge in [0, 0.05) is 10.6 Å². The molecule has 0 aliphatic heterocycles. The molecule has 0 aliphatic rings. The topological polar surface area (TPSA) is 75.3 Å². The van der Waals surface area contributed by atoms with Crippen LogP contribution in [0, 0.1) is 6.92 Å². The van der Waals surface area contributed by atoms with Gasteiger partial charge in [-0.1, -0.05) is 42.0 Å². The summed E-state index contributed by atoms with van der Waals surface area (Å²) in [6, 6.07) is 22.7. The molecule has 0 aliphatic carbocycles. The number of nitrogens with one attached hydrogen (secondary N) is 2. The second-order valence-electron chi connectivity index (χ2n) is 6.15. The Morgan fingerprint density at radius 2 is 1.57 bits per heavy atom. The lowest BCUT2D eigenvalue weighted by Crippen LogP contribution is -2.15. The normalized spacial score (nSPS) is 11.0. The number of benzene rings is 3. The molecule has 0 unspecified atom stereocenters. The van der Waals surface area contributed by atoms with E-state index in [-0.39, 0.29) is 16.6 Å². The Morgan fingerprint density at radius 1 is 0.893 bits per heavy atom. The maximum atomic E-state index is 12.4. The monoisotopic (exact) mass is 412 g/mol. The highest BCUT2D eigenvalue weighted by atomic mass is 32.2. The highest BCUT2D eigenvalue weighted by Crippen LogP contribution is 2.21. The van der Waals surface area contributed by atoms with Crippen LogP contribution in [0.3, 0.4) is 0 Å². The number of sulfonamides is 1. The van der Waals surface area contributed by atoms with Crippen molar-refractivity contribution in [2.75, 3.05) is 15.8 Å². The Balaban J connectivity index is 1.61. The van der Waals surface area contributed by atoms with E-state index in [1.807, 2.05) is 31.2 Å². The van der Waals surface area contributed by atoms with E-state index in [9.17, 15) is 13.2 Å². The lowest BCUT2D eigenvalue weighted by Gasteiger charge is -2.10. The van der Waals surface area contributed by atoms with E-state index < -0.39 is 10.0 Å². The van der Waals surface area contributed by atoms with E-state index in [0.717, 1.165) is 4.90 Å². The Morgan fingerprint density at radius 3 is 2.29 bits per heavy atom. The van der Waals surface area contributed by atoms with Crippen molar-refractivity contribution in [3.05, 3.63) is 84.4 Å². The number of carbonyl (C=O) groups excluding carboxylic acids is 1. The SMILES string of the molecule is Cc1ccc(SCC(=O)Nc2cccc(NS(=O)(=O)c3ccccc3)c2)cc1.